The molecule has 0 saturated carbocycles. The second-order valence-electron chi connectivity index (χ2n) is 4.37. The molecule has 0 aliphatic carbocycles. The predicted molar refractivity (Wildman–Crippen MR) is 86.3 cm³/mol. The van der Waals surface area contributed by atoms with Crippen molar-refractivity contribution in [2.45, 2.75) is 13.3 Å². The van der Waals surface area contributed by atoms with Crippen LogP contribution in [0.1, 0.15) is 27.7 Å². The molecule has 0 fully saturated rings. The summed E-state index contributed by atoms with van der Waals surface area (Å²) in [5, 5.41) is 3.59. The molecular formula is C15H15ClN2O2S. The van der Waals surface area contributed by atoms with Crippen molar-refractivity contribution in [3.63, 3.8) is 0 Å². The van der Waals surface area contributed by atoms with E-state index in [1.807, 2.05) is 6.92 Å². The fourth-order valence-electron chi connectivity index (χ4n) is 1.85. The molecule has 1 amide bonds. The molecular weight excluding hydrogens is 308 g/mol. The SMILES string of the molecule is CCc1cc(C(=O)c2ccccc2Cl)c(NC(=O)CN)s1. The summed E-state index contributed by atoms with van der Waals surface area (Å²) in [4.78, 5) is 25.1. The molecule has 1 aromatic carbocycles. The van der Waals surface area contributed by atoms with Crippen molar-refractivity contribution in [2.75, 3.05) is 11.9 Å². The molecule has 0 spiro atoms. The van der Waals surface area contributed by atoms with E-state index in [0.717, 1.165) is 11.3 Å². The number of ketones is 1. The number of aryl methyl sites for hydroxylation is 1. The van der Waals surface area contributed by atoms with Gasteiger partial charge in [0.05, 0.1) is 17.1 Å². The maximum Gasteiger partial charge on any atom is 0.238 e. The van der Waals surface area contributed by atoms with Gasteiger partial charge in [-0.15, -0.1) is 11.3 Å². The van der Waals surface area contributed by atoms with Crippen LogP contribution >= 0.6 is 22.9 Å². The molecule has 1 heterocycles. The van der Waals surface area contributed by atoms with Gasteiger partial charge in [-0.25, -0.2) is 0 Å². The Bertz CT molecular complexity index is 682. The molecule has 2 aromatic rings. The lowest BCUT2D eigenvalue weighted by Crippen LogP contribution is -2.22. The van der Waals surface area contributed by atoms with Crippen LogP contribution in [-0.2, 0) is 11.2 Å². The van der Waals surface area contributed by atoms with Crippen LogP contribution in [0.5, 0.6) is 0 Å². The molecule has 0 bridgehead atoms. The summed E-state index contributed by atoms with van der Waals surface area (Å²) in [6.45, 7) is 1.86. The van der Waals surface area contributed by atoms with Crippen molar-refractivity contribution < 1.29 is 9.59 Å². The number of halogens is 1. The second-order valence-corrected chi connectivity index (χ2v) is 5.91. The van der Waals surface area contributed by atoms with Crippen LogP contribution in [0.25, 0.3) is 0 Å². The van der Waals surface area contributed by atoms with Gasteiger partial charge in [-0.3, -0.25) is 9.59 Å². The normalized spacial score (nSPS) is 10.4. The third-order valence-electron chi connectivity index (χ3n) is 2.93. The zero-order valence-electron chi connectivity index (χ0n) is 11.5. The van der Waals surface area contributed by atoms with E-state index in [-0.39, 0.29) is 18.2 Å². The summed E-state index contributed by atoms with van der Waals surface area (Å²) in [6, 6.07) is 8.65. The van der Waals surface area contributed by atoms with E-state index in [4.69, 9.17) is 17.3 Å². The minimum Gasteiger partial charge on any atom is -0.322 e. The quantitative estimate of drug-likeness (QED) is 0.831. The third kappa shape index (κ3) is 3.50. The molecule has 4 nitrogen and oxygen atoms in total. The van der Waals surface area contributed by atoms with Crippen LogP contribution in [0, 0.1) is 0 Å². The Kier molecular flexibility index (Phi) is 5.12. The van der Waals surface area contributed by atoms with Crippen molar-refractivity contribution in [1.29, 1.82) is 0 Å². The zero-order valence-corrected chi connectivity index (χ0v) is 13.1. The Hall–Kier alpha value is -1.69. The number of carbonyl (C=O) groups excluding carboxylic acids is 2. The van der Waals surface area contributed by atoms with E-state index in [1.165, 1.54) is 11.3 Å². The average molecular weight is 323 g/mol. The van der Waals surface area contributed by atoms with Crippen molar-refractivity contribution in [3.8, 4) is 0 Å². The standard InChI is InChI=1S/C15H15ClN2O2S/c1-2-9-7-11(15(21-9)18-13(19)8-17)14(20)10-5-3-4-6-12(10)16/h3-7H,2,8,17H2,1H3,(H,18,19). The molecule has 110 valence electrons. The number of hydrogen-bond acceptors (Lipinski definition) is 4. The smallest absolute Gasteiger partial charge is 0.238 e. The zero-order chi connectivity index (χ0) is 15.4. The van der Waals surface area contributed by atoms with Crippen molar-refractivity contribution >= 4 is 39.6 Å². The number of thiophene rings is 1. The molecule has 2 rings (SSSR count). The number of nitrogens with two attached hydrogens (primary N) is 1. The van der Waals surface area contributed by atoms with Gasteiger partial charge in [-0.1, -0.05) is 30.7 Å². The first-order valence-electron chi connectivity index (χ1n) is 6.48. The fourth-order valence-corrected chi connectivity index (χ4v) is 3.08. The predicted octanol–water partition coefficient (Wildman–Crippen LogP) is 3.09. The summed E-state index contributed by atoms with van der Waals surface area (Å²) in [7, 11) is 0. The maximum atomic E-state index is 12.6. The van der Waals surface area contributed by atoms with Crippen molar-refractivity contribution in [2.24, 2.45) is 5.73 Å². The minimum atomic E-state index is -0.326. The summed E-state index contributed by atoms with van der Waals surface area (Å²) < 4.78 is 0. The lowest BCUT2D eigenvalue weighted by molar-refractivity contribution is -0.114. The molecule has 0 aliphatic rings. The molecule has 0 radical (unpaired) electrons. The molecule has 0 unspecified atom stereocenters. The number of rotatable bonds is 5. The minimum absolute atomic E-state index is 0.126. The number of hydrogen-bond donors (Lipinski definition) is 2. The van der Waals surface area contributed by atoms with E-state index in [0.29, 0.717) is 21.2 Å². The molecule has 21 heavy (non-hydrogen) atoms. The number of amides is 1. The molecule has 3 N–H and O–H groups in total. The first-order chi connectivity index (χ1) is 10.1. The average Bonchev–Trinajstić information content (AvgIpc) is 2.90. The van der Waals surface area contributed by atoms with E-state index < -0.39 is 0 Å². The highest BCUT2D eigenvalue weighted by molar-refractivity contribution is 7.16. The molecule has 0 atom stereocenters. The Morgan fingerprint density at radius 3 is 2.62 bits per heavy atom. The Morgan fingerprint density at radius 2 is 2.00 bits per heavy atom. The van der Waals surface area contributed by atoms with Gasteiger partial charge in [0, 0.05) is 10.4 Å². The first kappa shape index (κ1) is 15.7. The van der Waals surface area contributed by atoms with Gasteiger partial charge >= 0.3 is 0 Å². The highest BCUT2D eigenvalue weighted by Gasteiger charge is 2.20. The molecule has 0 aliphatic heterocycles. The summed E-state index contributed by atoms with van der Waals surface area (Å²) in [6.07, 6.45) is 0.784. The monoisotopic (exact) mass is 322 g/mol. The highest BCUT2D eigenvalue weighted by Crippen LogP contribution is 2.31. The number of nitrogens with one attached hydrogen (secondary N) is 1. The van der Waals surface area contributed by atoms with Crippen LogP contribution in [-0.4, -0.2) is 18.2 Å². The number of anilines is 1. The summed E-state index contributed by atoms with van der Waals surface area (Å²) >= 11 is 7.45. The highest BCUT2D eigenvalue weighted by atomic mass is 35.5. The third-order valence-corrected chi connectivity index (χ3v) is 4.46. The van der Waals surface area contributed by atoms with E-state index in [9.17, 15) is 9.59 Å². The van der Waals surface area contributed by atoms with E-state index in [2.05, 4.69) is 5.32 Å². The lowest BCUT2D eigenvalue weighted by atomic mass is 10.0. The van der Waals surface area contributed by atoms with Gasteiger partial charge in [-0.2, -0.15) is 0 Å². The lowest BCUT2D eigenvalue weighted by Gasteiger charge is -2.05. The van der Waals surface area contributed by atoms with Gasteiger partial charge < -0.3 is 11.1 Å². The van der Waals surface area contributed by atoms with E-state index >= 15 is 0 Å². The summed E-state index contributed by atoms with van der Waals surface area (Å²) in [5.41, 5.74) is 6.18. The van der Waals surface area contributed by atoms with Crippen LogP contribution in [0.4, 0.5) is 5.00 Å². The largest absolute Gasteiger partial charge is 0.322 e. The first-order valence-corrected chi connectivity index (χ1v) is 7.68. The van der Waals surface area contributed by atoms with Crippen molar-refractivity contribution in [3.05, 3.63) is 51.4 Å². The topological polar surface area (TPSA) is 72.2 Å². The van der Waals surface area contributed by atoms with E-state index in [1.54, 1.807) is 30.3 Å². The fraction of sp³-hybridized carbons (Fsp3) is 0.200. The molecule has 6 heteroatoms. The Labute approximate surface area is 131 Å². The van der Waals surface area contributed by atoms with Crippen LogP contribution in [0.3, 0.4) is 0 Å². The number of benzene rings is 1. The van der Waals surface area contributed by atoms with Gasteiger partial charge in [-0.05, 0) is 24.6 Å². The number of carbonyl (C=O) groups is 2. The van der Waals surface area contributed by atoms with Gasteiger partial charge in [0.2, 0.25) is 5.91 Å². The Balaban J connectivity index is 2.42. The second kappa shape index (κ2) is 6.85. The van der Waals surface area contributed by atoms with Crippen LogP contribution in [0.15, 0.2) is 30.3 Å². The van der Waals surface area contributed by atoms with Gasteiger partial charge in [0.1, 0.15) is 5.00 Å². The summed E-state index contributed by atoms with van der Waals surface area (Å²) in [5.74, 6) is -0.531. The van der Waals surface area contributed by atoms with Gasteiger partial charge in [0.25, 0.3) is 0 Å². The molecule has 0 saturated heterocycles. The van der Waals surface area contributed by atoms with Crippen LogP contribution < -0.4 is 11.1 Å². The molecule has 1 aromatic heterocycles. The van der Waals surface area contributed by atoms with Crippen LogP contribution in [0.2, 0.25) is 5.02 Å². The maximum absolute atomic E-state index is 12.6. The van der Waals surface area contributed by atoms with Gasteiger partial charge in [0.15, 0.2) is 5.78 Å². The Morgan fingerprint density at radius 1 is 1.29 bits per heavy atom. The van der Waals surface area contributed by atoms with Crippen molar-refractivity contribution in [1.82, 2.24) is 0 Å².